The molecule has 4 bridgehead atoms. The number of aliphatic carboxylic acids is 1. The molecule has 224 valence electrons. The number of aromatic hydroxyl groups is 1. The summed E-state index contributed by atoms with van der Waals surface area (Å²) in [6.45, 7) is 12.6. The minimum atomic E-state index is -1.64. The van der Waals surface area contributed by atoms with E-state index in [1.165, 1.54) is 13.0 Å². The second-order valence-electron chi connectivity index (χ2n) is 13.7. The van der Waals surface area contributed by atoms with Gasteiger partial charge in [-0.25, -0.2) is 4.79 Å². The summed E-state index contributed by atoms with van der Waals surface area (Å²) in [5, 5.41) is 32.0. The summed E-state index contributed by atoms with van der Waals surface area (Å²) >= 11 is 0. The van der Waals surface area contributed by atoms with Crippen molar-refractivity contribution in [2.75, 3.05) is 0 Å². The van der Waals surface area contributed by atoms with Crippen molar-refractivity contribution in [1.82, 2.24) is 0 Å². The largest absolute Gasteiger partial charge is 0.507 e. The fourth-order valence-corrected chi connectivity index (χ4v) is 7.71. The number of carboxylic acids is 1. The summed E-state index contributed by atoms with van der Waals surface area (Å²) in [5.41, 5.74) is -2.83. The van der Waals surface area contributed by atoms with Gasteiger partial charge in [0.25, 0.3) is 0 Å². The molecule has 3 heterocycles. The van der Waals surface area contributed by atoms with Crippen LogP contribution in [0, 0.1) is 11.8 Å². The second kappa shape index (κ2) is 8.80. The molecule has 6 aliphatic rings. The van der Waals surface area contributed by atoms with Gasteiger partial charge in [-0.3, -0.25) is 9.59 Å². The molecular formula is C33H38O9. The predicted octanol–water partition coefficient (Wildman–Crippen LogP) is 4.40. The zero-order valence-electron chi connectivity index (χ0n) is 25.1. The van der Waals surface area contributed by atoms with E-state index in [0.717, 1.165) is 5.57 Å². The van der Waals surface area contributed by atoms with Crippen LogP contribution in [0.25, 0.3) is 0 Å². The average Bonchev–Trinajstić information content (AvgIpc) is 3.05. The molecule has 3 N–H and O–H groups in total. The number of hydrogen-bond donors (Lipinski definition) is 3. The minimum absolute atomic E-state index is 0.0112. The molecule has 3 aliphatic carbocycles. The predicted molar refractivity (Wildman–Crippen MR) is 152 cm³/mol. The Morgan fingerprint density at radius 2 is 1.74 bits per heavy atom. The number of Topliss-reactive ketones (excluding diaryl/α,β-unsaturated/α-hetero) is 2. The molecule has 1 saturated heterocycles. The lowest BCUT2D eigenvalue weighted by Gasteiger charge is -2.56. The van der Waals surface area contributed by atoms with Crippen molar-refractivity contribution in [2.24, 2.45) is 11.8 Å². The molecule has 1 spiro atoms. The van der Waals surface area contributed by atoms with E-state index in [1.807, 2.05) is 33.8 Å². The topological polar surface area (TPSA) is 140 Å². The van der Waals surface area contributed by atoms with Gasteiger partial charge >= 0.3 is 5.97 Å². The molecule has 2 fully saturated rings. The van der Waals surface area contributed by atoms with Crippen LogP contribution in [0.3, 0.4) is 0 Å². The second-order valence-corrected chi connectivity index (χ2v) is 13.7. The highest BCUT2D eigenvalue weighted by Gasteiger charge is 2.81. The van der Waals surface area contributed by atoms with Crippen LogP contribution >= 0.6 is 0 Å². The fourth-order valence-electron chi connectivity index (χ4n) is 7.71. The maximum absolute atomic E-state index is 14.6. The molecule has 0 amide bonds. The van der Waals surface area contributed by atoms with Crippen molar-refractivity contribution in [2.45, 2.75) is 103 Å². The molecule has 1 aromatic rings. The van der Waals surface area contributed by atoms with Crippen molar-refractivity contribution in [3.05, 3.63) is 51.6 Å². The number of benzene rings is 1. The van der Waals surface area contributed by atoms with Crippen LogP contribution in [0.4, 0.5) is 0 Å². The van der Waals surface area contributed by atoms with E-state index >= 15 is 0 Å². The van der Waals surface area contributed by atoms with Crippen LogP contribution < -0.4 is 9.47 Å². The highest BCUT2D eigenvalue weighted by Crippen LogP contribution is 2.68. The third kappa shape index (κ3) is 3.52. The first-order chi connectivity index (χ1) is 19.5. The Balaban J connectivity index is 1.65. The van der Waals surface area contributed by atoms with E-state index in [-0.39, 0.29) is 46.8 Å². The van der Waals surface area contributed by atoms with Crippen LogP contribution in [0.5, 0.6) is 17.2 Å². The molecule has 9 nitrogen and oxygen atoms in total. The SMILES string of the molecule is CC(C)=CCc1c2c(c(O)c3c1O[C@]14C(=C[C@@H]5C[C@H]1C(C)(C)O[C@@]4(C/C=C(/C)C(=O)O)C5=O)C3=O)C[C@@H](O)C(C)(C)O2. The van der Waals surface area contributed by atoms with Gasteiger partial charge in [0, 0.05) is 47.0 Å². The lowest BCUT2D eigenvalue weighted by Crippen LogP contribution is -2.72. The molecule has 5 atom stereocenters. The third-order valence-electron chi connectivity index (χ3n) is 9.98. The Morgan fingerprint density at radius 3 is 2.38 bits per heavy atom. The number of ether oxygens (including phenoxy) is 3. The molecule has 7 rings (SSSR count). The van der Waals surface area contributed by atoms with Gasteiger partial charge in [0.05, 0.1) is 11.7 Å². The number of carbonyl (C=O) groups excluding carboxylic acids is 2. The minimum Gasteiger partial charge on any atom is -0.507 e. The highest BCUT2D eigenvalue weighted by molar-refractivity contribution is 6.18. The zero-order valence-corrected chi connectivity index (χ0v) is 25.1. The van der Waals surface area contributed by atoms with Crippen molar-refractivity contribution in [1.29, 1.82) is 0 Å². The van der Waals surface area contributed by atoms with Gasteiger partial charge < -0.3 is 29.5 Å². The summed E-state index contributed by atoms with van der Waals surface area (Å²) in [7, 11) is 0. The normalized spacial score (nSPS) is 33.1. The standard InChI is InChI=1S/C33H38O9/c1-15(2)8-9-18-26-19(14-22(34)31(6,7)40-26)24(35)23-25(36)20-12-17-13-21-30(4,5)42-32(28(17)37,11-10-16(3)29(38)39)33(20,21)41-27(18)23/h8,10,12,17,21-22,34-35H,9,11,13-14H2,1-7H3,(H,38,39)/b16-10-/t17-,21+,22-,32+,33-/m1/s1. The van der Waals surface area contributed by atoms with Gasteiger partial charge in [-0.2, -0.15) is 0 Å². The number of phenolic OH excluding ortho intramolecular Hbond substituents is 1. The molecule has 42 heavy (non-hydrogen) atoms. The van der Waals surface area contributed by atoms with Crippen molar-refractivity contribution >= 4 is 17.5 Å². The first kappa shape index (κ1) is 28.7. The number of carbonyl (C=O) groups is 3. The number of hydrogen-bond acceptors (Lipinski definition) is 8. The van der Waals surface area contributed by atoms with Crippen LogP contribution in [-0.2, 0) is 27.2 Å². The molecule has 1 saturated carbocycles. The van der Waals surface area contributed by atoms with Crippen molar-refractivity contribution in [3.8, 4) is 17.2 Å². The number of rotatable bonds is 5. The molecule has 0 aromatic heterocycles. The lowest BCUT2D eigenvalue weighted by atomic mass is 9.51. The van der Waals surface area contributed by atoms with Crippen molar-refractivity contribution in [3.63, 3.8) is 0 Å². The van der Waals surface area contributed by atoms with Gasteiger partial charge in [0.1, 0.15) is 28.4 Å². The van der Waals surface area contributed by atoms with Crippen LogP contribution in [-0.4, -0.2) is 61.4 Å². The molecule has 0 radical (unpaired) electrons. The van der Waals surface area contributed by atoms with Gasteiger partial charge in [-0.05, 0) is 61.3 Å². The lowest BCUT2D eigenvalue weighted by molar-refractivity contribution is -0.171. The molecule has 0 unspecified atom stereocenters. The fraction of sp³-hybridized carbons (Fsp3) is 0.545. The average molecular weight is 579 g/mol. The summed E-state index contributed by atoms with van der Waals surface area (Å²) in [5.74, 6) is -2.64. The Hall–Kier alpha value is -3.43. The van der Waals surface area contributed by atoms with E-state index < -0.39 is 52.1 Å². The number of phenols is 1. The first-order valence-electron chi connectivity index (χ1n) is 14.5. The third-order valence-corrected chi connectivity index (χ3v) is 9.98. The monoisotopic (exact) mass is 578 g/mol. The van der Waals surface area contributed by atoms with E-state index in [9.17, 15) is 29.7 Å². The summed E-state index contributed by atoms with van der Waals surface area (Å²) in [4.78, 5) is 40.4. The summed E-state index contributed by atoms with van der Waals surface area (Å²) < 4.78 is 20.0. The smallest absolute Gasteiger partial charge is 0.330 e. The zero-order chi connectivity index (χ0) is 30.7. The van der Waals surface area contributed by atoms with Crippen molar-refractivity contribution < 1.29 is 43.9 Å². The summed E-state index contributed by atoms with van der Waals surface area (Å²) in [6.07, 6.45) is 4.91. The Kier molecular flexibility index (Phi) is 6.01. The quantitative estimate of drug-likeness (QED) is 0.343. The number of carboxylic acid groups (broad SMARTS) is 1. The van der Waals surface area contributed by atoms with E-state index in [2.05, 4.69) is 0 Å². The highest BCUT2D eigenvalue weighted by atomic mass is 16.6. The van der Waals surface area contributed by atoms with E-state index in [0.29, 0.717) is 29.7 Å². The van der Waals surface area contributed by atoms with Crippen LogP contribution in [0.15, 0.2) is 34.9 Å². The maximum Gasteiger partial charge on any atom is 0.330 e. The number of aliphatic hydroxyl groups is 1. The Morgan fingerprint density at radius 1 is 1.05 bits per heavy atom. The number of ketones is 2. The molecule has 1 aromatic carbocycles. The number of fused-ring (bicyclic) bond motifs is 2. The van der Waals surface area contributed by atoms with Crippen LogP contribution in [0.1, 0.15) is 82.8 Å². The number of allylic oxidation sites excluding steroid dienone is 3. The number of aliphatic hydroxyl groups excluding tert-OH is 1. The van der Waals surface area contributed by atoms with Gasteiger partial charge in [-0.1, -0.05) is 23.8 Å². The Bertz CT molecular complexity index is 1550. The maximum atomic E-state index is 14.6. The van der Waals surface area contributed by atoms with Gasteiger partial charge in [0.2, 0.25) is 0 Å². The van der Waals surface area contributed by atoms with E-state index in [4.69, 9.17) is 14.2 Å². The van der Waals surface area contributed by atoms with Gasteiger partial charge in [-0.15, -0.1) is 0 Å². The molecular weight excluding hydrogens is 540 g/mol. The van der Waals surface area contributed by atoms with Gasteiger partial charge in [0.15, 0.2) is 22.8 Å². The first-order valence-corrected chi connectivity index (χ1v) is 14.5. The molecule has 9 heteroatoms. The van der Waals surface area contributed by atoms with Crippen LogP contribution in [0.2, 0.25) is 0 Å². The summed E-state index contributed by atoms with van der Waals surface area (Å²) in [6, 6.07) is 0. The Labute approximate surface area is 244 Å². The molecule has 3 aliphatic heterocycles. The van der Waals surface area contributed by atoms with E-state index in [1.54, 1.807) is 19.9 Å².